The molecule has 0 aromatic carbocycles. The first-order valence-corrected chi connectivity index (χ1v) is 6.81. The van der Waals surface area contributed by atoms with E-state index >= 15 is 0 Å². The largest absolute Gasteiger partial charge is 0.469 e. The molecule has 0 radical (unpaired) electrons. The molecular formula is C14H23N3O3. The van der Waals surface area contributed by atoms with Gasteiger partial charge in [0.2, 0.25) is 0 Å². The molecule has 6 nitrogen and oxygen atoms in total. The van der Waals surface area contributed by atoms with E-state index in [1.54, 1.807) is 11.0 Å². The molecule has 0 fully saturated rings. The fourth-order valence-electron chi connectivity index (χ4n) is 1.99. The van der Waals surface area contributed by atoms with Crippen molar-refractivity contribution in [1.29, 1.82) is 0 Å². The zero-order chi connectivity index (χ0) is 15.1. The molecule has 1 rings (SSSR count). The van der Waals surface area contributed by atoms with E-state index in [1.165, 1.54) is 6.26 Å². The average Bonchev–Trinajstić information content (AvgIpc) is 2.90. The summed E-state index contributed by atoms with van der Waals surface area (Å²) in [4.78, 5) is 14.3. The van der Waals surface area contributed by atoms with Crippen molar-refractivity contribution in [3.63, 3.8) is 0 Å². The van der Waals surface area contributed by atoms with Gasteiger partial charge in [0.15, 0.2) is 0 Å². The first-order valence-electron chi connectivity index (χ1n) is 6.81. The van der Waals surface area contributed by atoms with Crippen molar-refractivity contribution in [2.45, 2.75) is 33.6 Å². The predicted octanol–water partition coefficient (Wildman–Crippen LogP) is 2.08. The number of carbonyl (C=O) groups excluding carboxylic acids is 1. The molecule has 0 aliphatic rings. The summed E-state index contributed by atoms with van der Waals surface area (Å²) in [7, 11) is 0. The van der Waals surface area contributed by atoms with Crippen LogP contribution in [0.3, 0.4) is 0 Å². The molecule has 1 heterocycles. The Morgan fingerprint density at radius 1 is 1.55 bits per heavy atom. The Balaban J connectivity index is 2.84. The highest BCUT2D eigenvalue weighted by molar-refractivity contribution is 5.95. The monoisotopic (exact) mass is 281 g/mol. The van der Waals surface area contributed by atoms with E-state index in [4.69, 9.17) is 15.4 Å². The minimum Gasteiger partial charge on any atom is -0.469 e. The van der Waals surface area contributed by atoms with Crippen molar-refractivity contribution in [3.8, 4) is 0 Å². The van der Waals surface area contributed by atoms with E-state index in [1.807, 2.05) is 20.8 Å². The van der Waals surface area contributed by atoms with Gasteiger partial charge in [-0.15, -0.1) is 0 Å². The zero-order valence-electron chi connectivity index (χ0n) is 12.3. The van der Waals surface area contributed by atoms with Gasteiger partial charge in [-0.25, -0.2) is 0 Å². The zero-order valence-corrected chi connectivity index (χ0v) is 12.3. The lowest BCUT2D eigenvalue weighted by atomic mass is 10.1. The van der Waals surface area contributed by atoms with E-state index in [9.17, 15) is 4.79 Å². The van der Waals surface area contributed by atoms with Crippen molar-refractivity contribution < 1.29 is 14.4 Å². The van der Waals surface area contributed by atoms with Crippen LogP contribution < -0.4 is 5.73 Å². The van der Waals surface area contributed by atoms with Gasteiger partial charge in [0.05, 0.1) is 11.8 Å². The first-order chi connectivity index (χ1) is 9.49. The van der Waals surface area contributed by atoms with Crippen LogP contribution in [0.15, 0.2) is 21.9 Å². The molecule has 20 heavy (non-hydrogen) atoms. The Kier molecular flexibility index (Phi) is 6.09. The third kappa shape index (κ3) is 4.29. The lowest BCUT2D eigenvalue weighted by Gasteiger charge is -2.24. The van der Waals surface area contributed by atoms with E-state index in [0.717, 1.165) is 0 Å². The molecule has 1 aromatic heterocycles. The number of hydrogen-bond donors (Lipinski definition) is 2. The van der Waals surface area contributed by atoms with Crippen LogP contribution in [0.25, 0.3) is 0 Å². The maximum atomic E-state index is 12.5. The van der Waals surface area contributed by atoms with Crippen molar-refractivity contribution in [3.05, 3.63) is 23.7 Å². The lowest BCUT2D eigenvalue weighted by molar-refractivity contribution is 0.0738. The van der Waals surface area contributed by atoms with Crippen LogP contribution in [0.2, 0.25) is 0 Å². The Bertz CT molecular complexity index is 466. The van der Waals surface area contributed by atoms with Gasteiger partial charge in [-0.2, -0.15) is 0 Å². The molecule has 0 aliphatic heterocycles. The van der Waals surface area contributed by atoms with Crippen LogP contribution in [-0.4, -0.2) is 34.9 Å². The van der Waals surface area contributed by atoms with Gasteiger partial charge in [-0.05, 0) is 12.0 Å². The highest BCUT2D eigenvalue weighted by Gasteiger charge is 2.21. The molecule has 0 saturated heterocycles. The number of amidine groups is 1. The number of amides is 1. The molecule has 3 N–H and O–H groups in total. The number of oxime groups is 1. The minimum atomic E-state index is -0.0740. The maximum Gasteiger partial charge on any atom is 0.257 e. The fourth-order valence-corrected chi connectivity index (χ4v) is 1.99. The van der Waals surface area contributed by atoms with Crippen LogP contribution in [0, 0.1) is 5.92 Å². The molecule has 0 bridgehead atoms. The second-order valence-corrected chi connectivity index (χ2v) is 5.10. The molecule has 0 saturated carbocycles. The standard InChI is InChI=1S/C14H23N3O3/c1-4-12-11(6-8-20-12)14(18)17(9-10(2)3)7-5-13(15)16-19/h6,8,10,19H,4-5,7,9H2,1-3H3,(H2,15,16). The maximum absolute atomic E-state index is 12.5. The quantitative estimate of drug-likeness (QED) is 0.346. The van der Waals surface area contributed by atoms with Crippen LogP contribution in [0.5, 0.6) is 0 Å². The Morgan fingerprint density at radius 3 is 2.80 bits per heavy atom. The Labute approximate surface area is 119 Å². The molecule has 0 unspecified atom stereocenters. The number of furan rings is 1. The van der Waals surface area contributed by atoms with Crippen LogP contribution in [-0.2, 0) is 6.42 Å². The van der Waals surface area contributed by atoms with Crippen molar-refractivity contribution >= 4 is 11.7 Å². The van der Waals surface area contributed by atoms with E-state index < -0.39 is 0 Å². The van der Waals surface area contributed by atoms with Crippen molar-refractivity contribution in [2.75, 3.05) is 13.1 Å². The summed E-state index contributed by atoms with van der Waals surface area (Å²) in [6.45, 7) is 7.06. The van der Waals surface area contributed by atoms with Gasteiger partial charge in [0.1, 0.15) is 11.6 Å². The van der Waals surface area contributed by atoms with Gasteiger partial charge in [-0.1, -0.05) is 25.9 Å². The highest BCUT2D eigenvalue weighted by atomic mass is 16.4. The molecule has 0 aliphatic carbocycles. The molecular weight excluding hydrogens is 258 g/mol. The summed E-state index contributed by atoms with van der Waals surface area (Å²) in [6, 6.07) is 1.69. The number of aryl methyl sites for hydroxylation is 1. The van der Waals surface area contributed by atoms with Gasteiger partial charge >= 0.3 is 0 Å². The highest BCUT2D eigenvalue weighted by Crippen LogP contribution is 2.15. The summed E-state index contributed by atoms with van der Waals surface area (Å²) < 4.78 is 5.30. The number of nitrogens with zero attached hydrogens (tertiary/aromatic N) is 2. The minimum absolute atomic E-state index is 0.0740. The summed E-state index contributed by atoms with van der Waals surface area (Å²) in [6.07, 6.45) is 2.54. The van der Waals surface area contributed by atoms with Crippen LogP contribution in [0.4, 0.5) is 0 Å². The topological polar surface area (TPSA) is 92.1 Å². The normalized spacial score (nSPS) is 11.9. The van der Waals surface area contributed by atoms with Crippen molar-refractivity contribution in [1.82, 2.24) is 4.90 Å². The molecule has 0 spiro atoms. The third-order valence-electron chi connectivity index (χ3n) is 2.94. The second-order valence-electron chi connectivity index (χ2n) is 5.10. The van der Waals surface area contributed by atoms with E-state index in [-0.39, 0.29) is 11.7 Å². The summed E-state index contributed by atoms with van der Waals surface area (Å²) >= 11 is 0. The predicted molar refractivity (Wildman–Crippen MR) is 76.9 cm³/mol. The Hall–Kier alpha value is -1.98. The van der Waals surface area contributed by atoms with Crippen LogP contribution in [0.1, 0.15) is 43.3 Å². The SMILES string of the molecule is CCc1occc1C(=O)N(CC/C(N)=N/O)CC(C)C. The summed E-state index contributed by atoms with van der Waals surface area (Å²) in [5.41, 5.74) is 6.06. The van der Waals surface area contributed by atoms with Crippen molar-refractivity contribution in [2.24, 2.45) is 16.8 Å². The van der Waals surface area contributed by atoms with Gasteiger partial charge in [0.25, 0.3) is 5.91 Å². The van der Waals surface area contributed by atoms with Gasteiger partial charge in [-0.3, -0.25) is 4.79 Å². The lowest BCUT2D eigenvalue weighted by Crippen LogP contribution is -2.37. The van der Waals surface area contributed by atoms with Crippen LogP contribution >= 0.6 is 0 Å². The Morgan fingerprint density at radius 2 is 2.25 bits per heavy atom. The molecule has 112 valence electrons. The molecule has 1 amide bonds. The van der Waals surface area contributed by atoms with E-state index in [0.29, 0.717) is 43.2 Å². The number of rotatable bonds is 7. The van der Waals surface area contributed by atoms with Gasteiger partial charge < -0.3 is 20.3 Å². The molecule has 1 aromatic rings. The molecule has 0 atom stereocenters. The average molecular weight is 281 g/mol. The third-order valence-corrected chi connectivity index (χ3v) is 2.94. The number of carbonyl (C=O) groups is 1. The first kappa shape index (κ1) is 16.1. The molecule has 6 heteroatoms. The van der Waals surface area contributed by atoms with E-state index in [2.05, 4.69) is 5.16 Å². The second kappa shape index (κ2) is 7.57. The number of hydrogen-bond acceptors (Lipinski definition) is 4. The number of nitrogens with two attached hydrogens (primary N) is 1. The van der Waals surface area contributed by atoms with Gasteiger partial charge in [0, 0.05) is 25.9 Å². The smallest absolute Gasteiger partial charge is 0.257 e. The summed E-state index contributed by atoms with van der Waals surface area (Å²) in [5, 5.41) is 11.5. The fraction of sp³-hybridized carbons (Fsp3) is 0.571. The summed E-state index contributed by atoms with van der Waals surface area (Å²) in [5.74, 6) is 1.07.